The molecule has 2 nitrogen and oxygen atoms in total. The van der Waals surface area contributed by atoms with Gasteiger partial charge in [-0.05, 0) is 6.07 Å². The van der Waals surface area contributed by atoms with Gasteiger partial charge >= 0.3 is 6.18 Å². The van der Waals surface area contributed by atoms with Crippen LogP contribution in [0.5, 0.6) is 0 Å². The van der Waals surface area contributed by atoms with E-state index in [1.807, 2.05) is 13.8 Å². The van der Waals surface area contributed by atoms with Crippen molar-refractivity contribution in [2.45, 2.75) is 32.4 Å². The second-order valence-corrected chi connectivity index (χ2v) is 3.35. The van der Waals surface area contributed by atoms with Gasteiger partial charge in [-0.15, -0.1) is 0 Å². The summed E-state index contributed by atoms with van der Waals surface area (Å²) in [5, 5.41) is 0. The molecule has 14 heavy (non-hydrogen) atoms. The van der Waals surface area contributed by atoms with Crippen molar-refractivity contribution in [3.8, 4) is 0 Å². The van der Waals surface area contributed by atoms with E-state index < -0.39 is 12.6 Å². The first-order valence-corrected chi connectivity index (χ1v) is 4.27. The van der Waals surface area contributed by atoms with Gasteiger partial charge in [-0.25, -0.2) is 9.97 Å². The standard InChI is InChI=1S/C9H11F3N2/c1-6(2)8-13-4-3-7(14-8)5-9(10,11)12/h3-4,6H,5H2,1-2H3. The van der Waals surface area contributed by atoms with E-state index in [1.54, 1.807) is 0 Å². The Morgan fingerprint density at radius 2 is 2.00 bits per heavy atom. The molecule has 1 heterocycles. The summed E-state index contributed by atoms with van der Waals surface area (Å²) in [6.45, 7) is 3.68. The summed E-state index contributed by atoms with van der Waals surface area (Å²) in [5.74, 6) is 0.495. The second kappa shape index (κ2) is 3.94. The molecule has 0 atom stereocenters. The quantitative estimate of drug-likeness (QED) is 0.740. The molecule has 0 aliphatic carbocycles. The van der Waals surface area contributed by atoms with Gasteiger partial charge in [0, 0.05) is 12.1 Å². The average Bonchev–Trinajstić information content (AvgIpc) is 2.01. The van der Waals surface area contributed by atoms with Crippen LogP contribution in [-0.2, 0) is 6.42 Å². The Morgan fingerprint density at radius 3 is 2.50 bits per heavy atom. The van der Waals surface area contributed by atoms with E-state index in [9.17, 15) is 13.2 Å². The van der Waals surface area contributed by atoms with E-state index >= 15 is 0 Å². The van der Waals surface area contributed by atoms with Crippen LogP contribution in [0.1, 0.15) is 31.3 Å². The summed E-state index contributed by atoms with van der Waals surface area (Å²) >= 11 is 0. The predicted molar refractivity (Wildman–Crippen MR) is 45.9 cm³/mol. The van der Waals surface area contributed by atoms with Gasteiger partial charge in [-0.2, -0.15) is 13.2 Å². The van der Waals surface area contributed by atoms with Gasteiger partial charge in [-0.1, -0.05) is 13.8 Å². The molecule has 0 amide bonds. The smallest absolute Gasteiger partial charge is 0.241 e. The number of halogens is 3. The maximum Gasteiger partial charge on any atom is 0.394 e. The lowest BCUT2D eigenvalue weighted by Gasteiger charge is -2.08. The van der Waals surface area contributed by atoms with Crippen molar-refractivity contribution in [1.82, 2.24) is 9.97 Å². The molecule has 0 bridgehead atoms. The number of rotatable bonds is 2. The summed E-state index contributed by atoms with van der Waals surface area (Å²) in [5.41, 5.74) is 0.0243. The summed E-state index contributed by atoms with van der Waals surface area (Å²) in [6, 6.07) is 1.29. The molecule has 5 heteroatoms. The van der Waals surface area contributed by atoms with Gasteiger partial charge in [0.15, 0.2) is 0 Å². The van der Waals surface area contributed by atoms with Crippen molar-refractivity contribution in [1.29, 1.82) is 0 Å². The number of nitrogens with zero attached hydrogens (tertiary/aromatic N) is 2. The van der Waals surface area contributed by atoms with Crippen LogP contribution in [0, 0.1) is 0 Å². The fourth-order valence-corrected chi connectivity index (χ4v) is 0.995. The zero-order chi connectivity index (χ0) is 10.8. The Morgan fingerprint density at radius 1 is 1.36 bits per heavy atom. The van der Waals surface area contributed by atoms with E-state index in [1.165, 1.54) is 12.3 Å². The molecule has 0 spiro atoms. The molecule has 0 aliphatic rings. The van der Waals surface area contributed by atoms with Crippen molar-refractivity contribution < 1.29 is 13.2 Å². The minimum Gasteiger partial charge on any atom is -0.241 e. The van der Waals surface area contributed by atoms with Crippen LogP contribution < -0.4 is 0 Å². The third-order valence-electron chi connectivity index (χ3n) is 1.63. The van der Waals surface area contributed by atoms with Crippen molar-refractivity contribution >= 4 is 0 Å². The van der Waals surface area contributed by atoms with E-state index in [0.717, 1.165) is 0 Å². The highest BCUT2D eigenvalue weighted by Gasteiger charge is 2.28. The Balaban J connectivity index is 2.84. The van der Waals surface area contributed by atoms with Crippen LogP contribution in [0.15, 0.2) is 12.3 Å². The molecule has 0 N–H and O–H groups in total. The van der Waals surface area contributed by atoms with Gasteiger partial charge in [0.1, 0.15) is 5.82 Å². The monoisotopic (exact) mass is 204 g/mol. The first-order chi connectivity index (χ1) is 6.38. The largest absolute Gasteiger partial charge is 0.394 e. The Labute approximate surface area is 80.2 Å². The lowest BCUT2D eigenvalue weighted by Crippen LogP contribution is -2.14. The average molecular weight is 204 g/mol. The highest BCUT2D eigenvalue weighted by atomic mass is 19.4. The normalized spacial score (nSPS) is 12.1. The number of hydrogen-bond acceptors (Lipinski definition) is 2. The van der Waals surface area contributed by atoms with Gasteiger partial charge in [-0.3, -0.25) is 0 Å². The summed E-state index contributed by atoms with van der Waals surface area (Å²) in [7, 11) is 0. The lowest BCUT2D eigenvalue weighted by atomic mass is 10.2. The van der Waals surface area contributed by atoms with Gasteiger partial charge in [0.05, 0.1) is 12.1 Å². The number of hydrogen-bond donors (Lipinski definition) is 0. The molecule has 1 aromatic heterocycles. The topological polar surface area (TPSA) is 25.8 Å². The van der Waals surface area contributed by atoms with Gasteiger partial charge in [0.2, 0.25) is 0 Å². The molecule has 1 aromatic rings. The van der Waals surface area contributed by atoms with Crippen LogP contribution in [0.4, 0.5) is 13.2 Å². The summed E-state index contributed by atoms with van der Waals surface area (Å²) in [4.78, 5) is 7.72. The highest BCUT2D eigenvalue weighted by Crippen LogP contribution is 2.20. The molecule has 0 saturated heterocycles. The van der Waals surface area contributed by atoms with Crippen molar-refractivity contribution in [3.63, 3.8) is 0 Å². The van der Waals surface area contributed by atoms with E-state index in [-0.39, 0.29) is 11.6 Å². The summed E-state index contributed by atoms with van der Waals surface area (Å²) < 4.78 is 36.0. The first kappa shape index (κ1) is 10.9. The van der Waals surface area contributed by atoms with Crippen LogP contribution in [-0.4, -0.2) is 16.1 Å². The van der Waals surface area contributed by atoms with E-state index in [2.05, 4.69) is 9.97 Å². The number of alkyl halides is 3. The second-order valence-electron chi connectivity index (χ2n) is 3.35. The third kappa shape index (κ3) is 3.32. The maximum atomic E-state index is 12.0. The lowest BCUT2D eigenvalue weighted by molar-refractivity contribution is -0.127. The third-order valence-corrected chi connectivity index (χ3v) is 1.63. The molecule has 0 saturated carbocycles. The Hall–Kier alpha value is -1.13. The van der Waals surface area contributed by atoms with Crippen molar-refractivity contribution in [2.24, 2.45) is 0 Å². The maximum absolute atomic E-state index is 12.0. The molecule has 0 aromatic carbocycles. The Bertz CT molecular complexity index is 307. The minimum atomic E-state index is -4.21. The minimum absolute atomic E-state index is 0.0243. The molecule has 0 unspecified atom stereocenters. The molecular formula is C9H11F3N2. The fraction of sp³-hybridized carbons (Fsp3) is 0.556. The van der Waals surface area contributed by atoms with Crippen LogP contribution in [0.3, 0.4) is 0 Å². The van der Waals surface area contributed by atoms with Crippen molar-refractivity contribution in [2.75, 3.05) is 0 Å². The molecule has 78 valence electrons. The molecule has 0 aliphatic heterocycles. The first-order valence-electron chi connectivity index (χ1n) is 4.27. The molecule has 1 rings (SSSR count). The molecule has 0 fully saturated rings. The van der Waals surface area contributed by atoms with Crippen LogP contribution >= 0.6 is 0 Å². The summed E-state index contributed by atoms with van der Waals surface area (Å²) in [6.07, 6.45) is -3.83. The predicted octanol–water partition coefficient (Wildman–Crippen LogP) is 2.70. The van der Waals surface area contributed by atoms with Crippen molar-refractivity contribution in [3.05, 3.63) is 23.8 Å². The molecular weight excluding hydrogens is 193 g/mol. The molecule has 0 radical (unpaired) electrons. The van der Waals surface area contributed by atoms with E-state index in [4.69, 9.17) is 0 Å². The number of aromatic nitrogens is 2. The van der Waals surface area contributed by atoms with Crippen LogP contribution in [0.25, 0.3) is 0 Å². The zero-order valence-corrected chi connectivity index (χ0v) is 7.97. The Kier molecular flexibility index (Phi) is 3.08. The van der Waals surface area contributed by atoms with Gasteiger partial charge in [0.25, 0.3) is 0 Å². The SMILES string of the molecule is CC(C)c1nccc(CC(F)(F)F)n1. The van der Waals surface area contributed by atoms with E-state index in [0.29, 0.717) is 5.82 Å². The zero-order valence-electron chi connectivity index (χ0n) is 7.97. The van der Waals surface area contributed by atoms with Gasteiger partial charge < -0.3 is 0 Å². The fourth-order valence-electron chi connectivity index (χ4n) is 0.995. The highest BCUT2D eigenvalue weighted by molar-refractivity contribution is 5.05. The van der Waals surface area contributed by atoms with Crippen LogP contribution in [0.2, 0.25) is 0 Å².